The predicted molar refractivity (Wildman–Crippen MR) is 269 cm³/mol. The number of hydrogen-bond donors (Lipinski definition) is 0. The van der Waals surface area contributed by atoms with E-state index in [4.69, 9.17) is 9.72 Å². The van der Waals surface area contributed by atoms with E-state index in [0.29, 0.717) is 12.6 Å². The van der Waals surface area contributed by atoms with Gasteiger partial charge in [-0.15, -0.1) is 0 Å². The Labute approximate surface area is 382 Å². The molecule has 1 aliphatic heterocycles. The van der Waals surface area contributed by atoms with Crippen molar-refractivity contribution in [2.24, 2.45) is 0 Å². The summed E-state index contributed by atoms with van der Waals surface area (Å²) < 4.78 is 23.6. The predicted octanol–water partition coefficient (Wildman–Crippen LogP) is 16.4. The van der Waals surface area contributed by atoms with Gasteiger partial charge in [-0.3, -0.25) is 4.57 Å². The maximum atomic E-state index is 14.3. The van der Waals surface area contributed by atoms with E-state index < -0.39 is 0 Å². The van der Waals surface area contributed by atoms with Crippen molar-refractivity contribution in [3.05, 3.63) is 192 Å². The molecular weight excluding hydrogens is 800 g/mol. The van der Waals surface area contributed by atoms with Crippen LogP contribution in [0.3, 0.4) is 0 Å². The maximum absolute atomic E-state index is 14.3. The minimum Gasteiger partial charge on any atom is -0.457 e. The van der Waals surface area contributed by atoms with Gasteiger partial charge >= 0.3 is 0 Å². The van der Waals surface area contributed by atoms with Crippen molar-refractivity contribution >= 4 is 44.6 Å². The molecule has 0 radical (unpaired) electrons. The smallest absolute Gasteiger partial charge is 0.137 e. The van der Waals surface area contributed by atoms with Gasteiger partial charge in [0.1, 0.15) is 29.8 Å². The molecule has 2 aromatic heterocycles. The van der Waals surface area contributed by atoms with Crippen LogP contribution >= 0.6 is 0 Å². The molecule has 0 saturated carbocycles. The van der Waals surface area contributed by atoms with E-state index in [2.05, 4.69) is 209 Å². The molecule has 0 fully saturated rings. The highest BCUT2D eigenvalue weighted by molar-refractivity contribution is 6.09. The zero-order valence-electron chi connectivity index (χ0n) is 38.5. The fraction of sp³-hybridized carbons (Fsp3) is 0.203. The molecule has 5 nitrogen and oxygen atoms in total. The fourth-order valence-corrected chi connectivity index (χ4v) is 9.55. The summed E-state index contributed by atoms with van der Waals surface area (Å²) in [6.45, 7) is 18.5. The van der Waals surface area contributed by atoms with Crippen molar-refractivity contribution in [1.82, 2.24) is 9.55 Å². The molecule has 0 aliphatic carbocycles. The van der Waals surface area contributed by atoms with Crippen molar-refractivity contribution in [3.63, 3.8) is 0 Å². The van der Waals surface area contributed by atoms with E-state index in [-0.39, 0.29) is 16.6 Å². The average molecular weight is 855 g/mol. The number of halogens is 1. The van der Waals surface area contributed by atoms with Crippen LogP contribution < -0.4 is 14.5 Å². The van der Waals surface area contributed by atoms with Crippen LogP contribution in [0.1, 0.15) is 78.0 Å². The van der Waals surface area contributed by atoms with Crippen molar-refractivity contribution < 1.29 is 9.13 Å². The zero-order chi connectivity index (χ0) is 45.2. The minimum atomic E-state index is -0.248. The molecule has 0 amide bonds. The lowest BCUT2D eigenvalue weighted by molar-refractivity contribution is 0.483. The minimum absolute atomic E-state index is 0.0324. The molecule has 324 valence electrons. The van der Waals surface area contributed by atoms with Crippen molar-refractivity contribution in [2.75, 3.05) is 16.5 Å². The Bertz CT molecular complexity index is 3240. The number of para-hydroxylation sites is 4. The fourth-order valence-electron chi connectivity index (χ4n) is 9.55. The largest absolute Gasteiger partial charge is 0.457 e. The second-order valence-corrected chi connectivity index (χ2v) is 19.7. The Morgan fingerprint density at radius 3 is 2.02 bits per heavy atom. The van der Waals surface area contributed by atoms with Crippen LogP contribution in [0.15, 0.2) is 170 Å². The Morgan fingerprint density at radius 1 is 0.569 bits per heavy atom. The molecule has 0 N–H and O–H groups in total. The SMILES string of the molecule is CC(C)c1ccccc1-c1cc(Oc2ccc3c4ccccc4n(-c4cc(C(C)(C)C)ccn4)c3c2)cc(N2CN(c3c(-c4ccc(F)cc4)cccc3C(C)(C)C)c3ccccc32)c1. The standard InChI is InChI=1S/C59H55FN4O/c1-38(2)46-16-9-10-17-47(46)40-32-43(62-37-63(54-23-14-13-22-53(54)62)57-48(39-24-26-42(60)27-25-39)19-15-20-51(57)59(6,7)8)35-45(33-40)65-44-28-29-50-49-18-11-12-21-52(49)64(55(50)36-44)56-34-41(30-31-61-56)58(3,4)5/h9-36,38H,37H2,1-8H3. The number of benzene rings is 7. The van der Waals surface area contributed by atoms with Gasteiger partial charge in [0.2, 0.25) is 0 Å². The lowest BCUT2D eigenvalue weighted by Gasteiger charge is -2.32. The Morgan fingerprint density at radius 2 is 1.26 bits per heavy atom. The number of rotatable bonds is 8. The monoisotopic (exact) mass is 854 g/mol. The molecule has 0 bridgehead atoms. The first-order valence-corrected chi connectivity index (χ1v) is 22.7. The van der Waals surface area contributed by atoms with Gasteiger partial charge in [0, 0.05) is 40.4 Å². The summed E-state index contributed by atoms with van der Waals surface area (Å²) in [4.78, 5) is 9.75. The normalized spacial score (nSPS) is 13.0. The third-order valence-electron chi connectivity index (χ3n) is 12.8. The first kappa shape index (κ1) is 41.8. The van der Waals surface area contributed by atoms with Crippen LogP contribution in [0.4, 0.5) is 27.1 Å². The second kappa shape index (κ2) is 16.1. The van der Waals surface area contributed by atoms with Crippen LogP contribution in [0.2, 0.25) is 0 Å². The first-order valence-electron chi connectivity index (χ1n) is 22.7. The summed E-state index contributed by atoms with van der Waals surface area (Å²) in [5.74, 6) is 2.42. The highest BCUT2D eigenvalue weighted by atomic mass is 19.1. The van der Waals surface area contributed by atoms with Crippen LogP contribution in [0.25, 0.3) is 49.9 Å². The number of ether oxygens (including phenoxy) is 1. The Kier molecular flexibility index (Phi) is 10.4. The highest BCUT2D eigenvalue weighted by Crippen LogP contribution is 2.51. The van der Waals surface area contributed by atoms with E-state index >= 15 is 0 Å². The third-order valence-corrected chi connectivity index (χ3v) is 12.8. The van der Waals surface area contributed by atoms with Crippen LogP contribution in [0, 0.1) is 5.82 Å². The van der Waals surface area contributed by atoms with Crippen LogP contribution in [-0.4, -0.2) is 16.2 Å². The highest BCUT2D eigenvalue weighted by Gasteiger charge is 2.34. The van der Waals surface area contributed by atoms with Crippen molar-refractivity contribution in [1.29, 1.82) is 0 Å². The third kappa shape index (κ3) is 7.71. The summed E-state index contributed by atoms with van der Waals surface area (Å²) in [6, 6.07) is 56.7. The molecule has 10 rings (SSSR count). The van der Waals surface area contributed by atoms with E-state index in [9.17, 15) is 4.39 Å². The number of aromatic nitrogens is 2. The lowest BCUT2D eigenvalue weighted by Crippen LogP contribution is -2.27. The van der Waals surface area contributed by atoms with E-state index in [1.54, 1.807) is 12.1 Å². The molecule has 0 unspecified atom stereocenters. The second-order valence-electron chi connectivity index (χ2n) is 19.7. The molecule has 3 heterocycles. The number of pyridine rings is 1. The van der Waals surface area contributed by atoms with Crippen molar-refractivity contribution in [3.8, 4) is 39.6 Å². The molecule has 0 saturated heterocycles. The molecule has 0 spiro atoms. The summed E-state index contributed by atoms with van der Waals surface area (Å²) in [6.07, 6.45) is 1.92. The van der Waals surface area contributed by atoms with Gasteiger partial charge in [0.15, 0.2) is 0 Å². The molecular formula is C59H55FN4O. The number of fused-ring (bicyclic) bond motifs is 4. The van der Waals surface area contributed by atoms with Gasteiger partial charge in [-0.05, 0) is 117 Å². The molecule has 7 aromatic carbocycles. The van der Waals surface area contributed by atoms with Gasteiger partial charge in [0.05, 0.1) is 28.1 Å². The van der Waals surface area contributed by atoms with Gasteiger partial charge < -0.3 is 14.5 Å². The summed E-state index contributed by atoms with van der Waals surface area (Å²) in [7, 11) is 0. The average Bonchev–Trinajstić information content (AvgIpc) is 3.84. The molecule has 65 heavy (non-hydrogen) atoms. The maximum Gasteiger partial charge on any atom is 0.137 e. The van der Waals surface area contributed by atoms with E-state index in [0.717, 1.165) is 73.2 Å². The zero-order valence-corrected chi connectivity index (χ0v) is 38.5. The number of nitrogens with zero attached hydrogens (tertiary/aromatic N) is 4. The van der Waals surface area contributed by atoms with Crippen LogP contribution in [0.5, 0.6) is 11.5 Å². The summed E-state index contributed by atoms with van der Waals surface area (Å²) in [5.41, 5.74) is 14.3. The van der Waals surface area contributed by atoms with E-state index in [1.807, 2.05) is 18.3 Å². The van der Waals surface area contributed by atoms with Crippen molar-refractivity contribution in [2.45, 2.75) is 72.1 Å². The summed E-state index contributed by atoms with van der Waals surface area (Å²) >= 11 is 0. The molecule has 9 aromatic rings. The van der Waals surface area contributed by atoms with Gasteiger partial charge in [-0.2, -0.15) is 0 Å². The molecule has 6 heteroatoms. The Balaban J connectivity index is 1.13. The van der Waals surface area contributed by atoms with E-state index in [1.165, 1.54) is 27.6 Å². The van der Waals surface area contributed by atoms with Gasteiger partial charge in [-0.1, -0.05) is 140 Å². The Hall–Kier alpha value is -7.18. The summed E-state index contributed by atoms with van der Waals surface area (Å²) in [5, 5.41) is 2.31. The number of anilines is 4. The van der Waals surface area contributed by atoms with Crippen LogP contribution in [-0.2, 0) is 10.8 Å². The lowest BCUT2D eigenvalue weighted by atomic mass is 9.83. The first-order chi connectivity index (χ1) is 31.2. The topological polar surface area (TPSA) is 33.5 Å². The molecule has 0 atom stereocenters. The van der Waals surface area contributed by atoms with Gasteiger partial charge in [0.25, 0.3) is 0 Å². The van der Waals surface area contributed by atoms with Gasteiger partial charge in [-0.25, -0.2) is 9.37 Å². The quantitative estimate of drug-likeness (QED) is 0.152. The number of hydrogen-bond acceptors (Lipinski definition) is 4. The molecule has 1 aliphatic rings.